The fraction of sp³-hybridized carbons (Fsp3) is 0.727. The summed E-state index contributed by atoms with van der Waals surface area (Å²) in [5.74, 6) is 1.24. The second-order valence-corrected chi connectivity index (χ2v) is 5.96. The van der Waals surface area contributed by atoms with Gasteiger partial charge < -0.3 is 4.79 Å². The maximum atomic E-state index is 10.8. The Balaban J connectivity index is 2.23. The highest BCUT2D eigenvalue weighted by atomic mass is 32.2. The van der Waals surface area contributed by atoms with Crippen LogP contribution in [0.3, 0.4) is 0 Å². The van der Waals surface area contributed by atoms with E-state index in [0.717, 1.165) is 18.5 Å². The highest BCUT2D eigenvalue weighted by Gasteiger charge is 2.34. The summed E-state index contributed by atoms with van der Waals surface area (Å²) in [5, 5.41) is 0. The van der Waals surface area contributed by atoms with E-state index in [-0.39, 0.29) is 5.92 Å². The molecular formula is C11H16OS. The highest BCUT2D eigenvalue weighted by Crippen LogP contribution is 2.49. The van der Waals surface area contributed by atoms with Gasteiger partial charge in [0.25, 0.3) is 0 Å². The molecule has 0 saturated heterocycles. The van der Waals surface area contributed by atoms with Gasteiger partial charge in [0, 0.05) is 11.7 Å². The van der Waals surface area contributed by atoms with Gasteiger partial charge in [0.15, 0.2) is 0 Å². The summed E-state index contributed by atoms with van der Waals surface area (Å²) >= 11 is 1.91. The molecule has 1 nitrogen and oxygen atoms in total. The van der Waals surface area contributed by atoms with Crippen molar-refractivity contribution in [3.05, 3.63) is 10.5 Å². The SMILES string of the molecule is CC1(C)CCC2=C(C1)C(C=O)CS2. The maximum Gasteiger partial charge on any atom is 0.127 e. The number of carbonyl (C=O) groups excluding carboxylic acids is 1. The van der Waals surface area contributed by atoms with Crippen LogP contribution in [0.1, 0.15) is 33.1 Å². The summed E-state index contributed by atoms with van der Waals surface area (Å²) in [6, 6.07) is 0. The highest BCUT2D eigenvalue weighted by molar-refractivity contribution is 8.03. The summed E-state index contributed by atoms with van der Waals surface area (Å²) in [5.41, 5.74) is 1.88. The number of aldehydes is 1. The molecule has 2 aliphatic rings. The van der Waals surface area contributed by atoms with Crippen molar-refractivity contribution < 1.29 is 4.79 Å². The Morgan fingerprint density at radius 2 is 2.31 bits per heavy atom. The predicted molar refractivity (Wildman–Crippen MR) is 56.7 cm³/mol. The second-order valence-electron chi connectivity index (χ2n) is 4.84. The van der Waals surface area contributed by atoms with Gasteiger partial charge in [-0.25, -0.2) is 0 Å². The van der Waals surface area contributed by atoms with Gasteiger partial charge in [-0.1, -0.05) is 13.8 Å². The van der Waals surface area contributed by atoms with Crippen LogP contribution in [0.25, 0.3) is 0 Å². The largest absolute Gasteiger partial charge is 0.303 e. The summed E-state index contributed by atoms with van der Waals surface area (Å²) in [6.07, 6.45) is 4.76. The Morgan fingerprint density at radius 3 is 3.00 bits per heavy atom. The van der Waals surface area contributed by atoms with Crippen molar-refractivity contribution in [3.63, 3.8) is 0 Å². The van der Waals surface area contributed by atoms with Crippen molar-refractivity contribution in [1.82, 2.24) is 0 Å². The molecule has 1 atom stereocenters. The Bertz CT molecular complexity index is 265. The molecule has 0 aromatic heterocycles. The van der Waals surface area contributed by atoms with Gasteiger partial charge in [-0.3, -0.25) is 0 Å². The Labute approximate surface area is 84.0 Å². The van der Waals surface area contributed by atoms with Crippen LogP contribution in [-0.4, -0.2) is 12.0 Å². The molecular weight excluding hydrogens is 180 g/mol. The minimum Gasteiger partial charge on any atom is -0.303 e. The van der Waals surface area contributed by atoms with Gasteiger partial charge in [-0.2, -0.15) is 0 Å². The smallest absolute Gasteiger partial charge is 0.127 e. The quantitative estimate of drug-likeness (QED) is 0.600. The van der Waals surface area contributed by atoms with Crippen LogP contribution in [0.2, 0.25) is 0 Å². The van der Waals surface area contributed by atoms with Crippen LogP contribution in [0, 0.1) is 11.3 Å². The van der Waals surface area contributed by atoms with E-state index in [2.05, 4.69) is 13.8 Å². The zero-order chi connectivity index (χ0) is 9.47. The molecule has 1 unspecified atom stereocenters. The van der Waals surface area contributed by atoms with E-state index in [4.69, 9.17) is 0 Å². The molecule has 2 rings (SSSR count). The maximum absolute atomic E-state index is 10.8. The third kappa shape index (κ3) is 1.69. The van der Waals surface area contributed by atoms with E-state index in [9.17, 15) is 4.79 Å². The Hall–Kier alpha value is -0.240. The van der Waals surface area contributed by atoms with Crippen LogP contribution in [0.15, 0.2) is 10.5 Å². The molecule has 0 bridgehead atoms. The molecule has 13 heavy (non-hydrogen) atoms. The van der Waals surface area contributed by atoms with Crippen molar-refractivity contribution in [1.29, 1.82) is 0 Å². The first-order valence-electron chi connectivity index (χ1n) is 4.92. The van der Waals surface area contributed by atoms with E-state index >= 15 is 0 Å². The lowest BCUT2D eigenvalue weighted by Gasteiger charge is -2.31. The van der Waals surface area contributed by atoms with Crippen molar-refractivity contribution in [2.24, 2.45) is 11.3 Å². The third-order valence-corrected chi connectivity index (χ3v) is 4.45. The normalized spacial score (nSPS) is 31.7. The lowest BCUT2D eigenvalue weighted by Crippen LogP contribution is -2.19. The van der Waals surface area contributed by atoms with Gasteiger partial charge in [0.1, 0.15) is 6.29 Å². The zero-order valence-electron chi connectivity index (χ0n) is 8.30. The molecule has 0 spiro atoms. The van der Waals surface area contributed by atoms with Gasteiger partial charge in [-0.15, -0.1) is 11.8 Å². The van der Waals surface area contributed by atoms with E-state index < -0.39 is 0 Å². The zero-order valence-corrected chi connectivity index (χ0v) is 9.12. The number of hydrogen-bond acceptors (Lipinski definition) is 2. The summed E-state index contributed by atoms with van der Waals surface area (Å²) in [4.78, 5) is 12.4. The fourth-order valence-corrected chi connectivity index (χ4v) is 3.55. The standard InChI is InChI=1S/C11H16OS/c1-11(2)4-3-10-9(5-11)8(6-12)7-13-10/h6,8H,3-5,7H2,1-2H3. The van der Waals surface area contributed by atoms with Gasteiger partial charge in [0.05, 0.1) is 0 Å². The van der Waals surface area contributed by atoms with Crippen LogP contribution < -0.4 is 0 Å². The Morgan fingerprint density at radius 1 is 1.54 bits per heavy atom. The monoisotopic (exact) mass is 196 g/mol. The van der Waals surface area contributed by atoms with E-state index in [1.54, 1.807) is 0 Å². The average Bonchev–Trinajstić information content (AvgIpc) is 2.44. The molecule has 0 N–H and O–H groups in total. The van der Waals surface area contributed by atoms with Crippen molar-refractivity contribution in [2.75, 3.05) is 5.75 Å². The van der Waals surface area contributed by atoms with Crippen LogP contribution in [-0.2, 0) is 4.79 Å². The Kier molecular flexibility index (Phi) is 2.26. The molecule has 1 heterocycles. The molecule has 0 aromatic rings. The fourth-order valence-electron chi connectivity index (χ4n) is 2.23. The van der Waals surface area contributed by atoms with Crippen molar-refractivity contribution in [3.8, 4) is 0 Å². The molecule has 0 amide bonds. The van der Waals surface area contributed by atoms with E-state index in [1.807, 2.05) is 11.8 Å². The molecule has 2 heteroatoms. The van der Waals surface area contributed by atoms with Crippen LogP contribution in [0.4, 0.5) is 0 Å². The molecule has 0 fully saturated rings. The first-order valence-corrected chi connectivity index (χ1v) is 5.91. The molecule has 0 aromatic carbocycles. The topological polar surface area (TPSA) is 17.1 Å². The number of allylic oxidation sites excluding steroid dienone is 2. The lowest BCUT2D eigenvalue weighted by atomic mass is 9.74. The minimum absolute atomic E-state index is 0.236. The average molecular weight is 196 g/mol. The predicted octanol–water partition coefficient (Wildman–Crippen LogP) is 3.01. The molecule has 1 aliphatic carbocycles. The number of carbonyl (C=O) groups is 1. The number of rotatable bonds is 1. The summed E-state index contributed by atoms with van der Waals surface area (Å²) < 4.78 is 0. The summed E-state index contributed by atoms with van der Waals surface area (Å²) in [6.45, 7) is 4.61. The van der Waals surface area contributed by atoms with Gasteiger partial charge in [-0.05, 0) is 35.2 Å². The van der Waals surface area contributed by atoms with E-state index in [1.165, 1.54) is 23.3 Å². The lowest BCUT2D eigenvalue weighted by molar-refractivity contribution is -0.109. The van der Waals surface area contributed by atoms with Crippen LogP contribution in [0.5, 0.6) is 0 Å². The minimum atomic E-state index is 0.236. The molecule has 0 radical (unpaired) electrons. The molecule has 0 saturated carbocycles. The first kappa shape index (κ1) is 9.32. The second kappa shape index (κ2) is 3.16. The number of hydrogen-bond donors (Lipinski definition) is 0. The van der Waals surface area contributed by atoms with Crippen LogP contribution >= 0.6 is 11.8 Å². The van der Waals surface area contributed by atoms with Gasteiger partial charge in [0.2, 0.25) is 0 Å². The van der Waals surface area contributed by atoms with E-state index in [0.29, 0.717) is 5.41 Å². The van der Waals surface area contributed by atoms with Crippen molar-refractivity contribution in [2.45, 2.75) is 33.1 Å². The first-order chi connectivity index (χ1) is 6.12. The third-order valence-electron chi connectivity index (χ3n) is 3.10. The van der Waals surface area contributed by atoms with Gasteiger partial charge >= 0.3 is 0 Å². The molecule has 1 aliphatic heterocycles. The van der Waals surface area contributed by atoms with Crippen molar-refractivity contribution >= 4 is 18.0 Å². The number of thioether (sulfide) groups is 1. The molecule has 72 valence electrons. The summed E-state index contributed by atoms with van der Waals surface area (Å²) in [7, 11) is 0.